The summed E-state index contributed by atoms with van der Waals surface area (Å²) < 4.78 is 28.2. The van der Waals surface area contributed by atoms with Crippen LogP contribution in [-0.2, 0) is 10.2 Å². The molecule has 0 aromatic heterocycles. The maximum absolute atomic E-state index is 12.5. The zero-order valence-electron chi connectivity index (χ0n) is 11.1. The van der Waals surface area contributed by atoms with Crippen LogP contribution in [0.3, 0.4) is 0 Å². The van der Waals surface area contributed by atoms with Crippen molar-refractivity contribution < 1.29 is 8.42 Å². The Labute approximate surface area is 105 Å². The van der Waals surface area contributed by atoms with E-state index >= 15 is 0 Å². The van der Waals surface area contributed by atoms with E-state index in [9.17, 15) is 8.42 Å². The summed E-state index contributed by atoms with van der Waals surface area (Å²) in [6.07, 6.45) is 1.78. The van der Waals surface area contributed by atoms with Gasteiger partial charge in [0.15, 0.2) is 0 Å². The summed E-state index contributed by atoms with van der Waals surface area (Å²) >= 11 is 0. The highest BCUT2D eigenvalue weighted by Crippen LogP contribution is 2.17. The first-order valence-corrected chi connectivity index (χ1v) is 7.95. The van der Waals surface area contributed by atoms with Crippen LogP contribution in [-0.4, -0.2) is 55.8 Å². The summed E-state index contributed by atoms with van der Waals surface area (Å²) in [5, 5.41) is 3.23. The normalized spacial score (nSPS) is 21.6. The van der Waals surface area contributed by atoms with Crippen LogP contribution in [0.15, 0.2) is 0 Å². The summed E-state index contributed by atoms with van der Waals surface area (Å²) in [4.78, 5) is 0. The maximum atomic E-state index is 12.5. The van der Waals surface area contributed by atoms with Gasteiger partial charge in [0, 0.05) is 32.2 Å². The van der Waals surface area contributed by atoms with E-state index < -0.39 is 10.2 Å². The van der Waals surface area contributed by atoms with Gasteiger partial charge in [0.1, 0.15) is 0 Å². The molecule has 0 bridgehead atoms. The molecule has 0 saturated carbocycles. The quantitative estimate of drug-likeness (QED) is 0.733. The third kappa shape index (κ3) is 3.40. The molecule has 1 saturated heterocycles. The van der Waals surface area contributed by atoms with Crippen LogP contribution in [0.5, 0.6) is 0 Å². The van der Waals surface area contributed by atoms with Crippen LogP contribution in [0.1, 0.15) is 33.6 Å². The van der Waals surface area contributed by atoms with Gasteiger partial charge < -0.3 is 5.32 Å². The van der Waals surface area contributed by atoms with Crippen LogP contribution in [0.25, 0.3) is 0 Å². The van der Waals surface area contributed by atoms with E-state index in [0.717, 1.165) is 25.9 Å². The lowest BCUT2D eigenvalue weighted by Gasteiger charge is -2.32. The molecule has 1 atom stereocenters. The van der Waals surface area contributed by atoms with Crippen molar-refractivity contribution in [2.24, 2.45) is 0 Å². The molecule has 1 N–H and O–H groups in total. The van der Waals surface area contributed by atoms with Gasteiger partial charge >= 0.3 is 0 Å². The second-order valence-electron chi connectivity index (χ2n) is 4.35. The Morgan fingerprint density at radius 3 is 2.29 bits per heavy atom. The first kappa shape index (κ1) is 14.9. The average molecular weight is 263 g/mol. The van der Waals surface area contributed by atoms with Gasteiger partial charge in [-0.05, 0) is 19.4 Å². The van der Waals surface area contributed by atoms with Crippen molar-refractivity contribution in [3.05, 3.63) is 0 Å². The summed E-state index contributed by atoms with van der Waals surface area (Å²) in [6, 6.07) is 0.126. The minimum Gasteiger partial charge on any atom is -0.315 e. The molecule has 0 aromatic rings. The second kappa shape index (κ2) is 6.68. The number of nitrogens with zero attached hydrogens (tertiary/aromatic N) is 2. The molecule has 1 heterocycles. The molecular formula is C11H25N3O2S. The van der Waals surface area contributed by atoms with Crippen LogP contribution < -0.4 is 5.32 Å². The fraction of sp³-hybridized carbons (Fsp3) is 1.00. The molecule has 1 fully saturated rings. The lowest BCUT2D eigenvalue weighted by Crippen LogP contribution is -2.49. The SMILES string of the molecule is CCCN(C1CCNC1)S(=O)(=O)N(CC)CC. The van der Waals surface area contributed by atoms with Gasteiger partial charge in [0.05, 0.1) is 0 Å². The maximum Gasteiger partial charge on any atom is 0.282 e. The molecular weight excluding hydrogens is 238 g/mol. The van der Waals surface area contributed by atoms with E-state index in [0.29, 0.717) is 19.6 Å². The van der Waals surface area contributed by atoms with Crippen molar-refractivity contribution >= 4 is 10.2 Å². The number of hydrogen-bond acceptors (Lipinski definition) is 3. The monoisotopic (exact) mass is 263 g/mol. The molecule has 6 heteroatoms. The highest BCUT2D eigenvalue weighted by Gasteiger charge is 2.34. The van der Waals surface area contributed by atoms with Gasteiger partial charge in [-0.25, -0.2) is 0 Å². The van der Waals surface area contributed by atoms with E-state index in [2.05, 4.69) is 5.32 Å². The zero-order chi connectivity index (χ0) is 12.9. The van der Waals surface area contributed by atoms with Gasteiger partial charge in [-0.1, -0.05) is 20.8 Å². The van der Waals surface area contributed by atoms with Crippen molar-refractivity contribution in [1.82, 2.24) is 13.9 Å². The molecule has 1 unspecified atom stereocenters. The van der Waals surface area contributed by atoms with Gasteiger partial charge in [-0.3, -0.25) is 0 Å². The Kier molecular flexibility index (Phi) is 5.85. The summed E-state index contributed by atoms with van der Waals surface area (Å²) in [5.74, 6) is 0. The Morgan fingerprint density at radius 2 is 1.88 bits per heavy atom. The first-order chi connectivity index (χ1) is 8.07. The predicted octanol–water partition coefficient (Wildman–Crippen LogP) is 0.647. The summed E-state index contributed by atoms with van der Waals surface area (Å²) in [6.45, 7) is 9.19. The van der Waals surface area contributed by atoms with Crippen molar-refractivity contribution in [2.75, 3.05) is 32.7 Å². The van der Waals surface area contributed by atoms with Crippen molar-refractivity contribution in [3.63, 3.8) is 0 Å². The molecule has 102 valence electrons. The Morgan fingerprint density at radius 1 is 1.24 bits per heavy atom. The van der Waals surface area contributed by atoms with Crippen molar-refractivity contribution in [1.29, 1.82) is 0 Å². The second-order valence-corrected chi connectivity index (χ2v) is 6.23. The smallest absolute Gasteiger partial charge is 0.282 e. The number of rotatable bonds is 7. The molecule has 17 heavy (non-hydrogen) atoms. The van der Waals surface area contributed by atoms with Gasteiger partial charge in [-0.2, -0.15) is 17.0 Å². The summed E-state index contributed by atoms with van der Waals surface area (Å²) in [7, 11) is -3.28. The van der Waals surface area contributed by atoms with E-state index in [-0.39, 0.29) is 6.04 Å². The van der Waals surface area contributed by atoms with Crippen molar-refractivity contribution in [3.8, 4) is 0 Å². The molecule has 0 radical (unpaired) electrons. The van der Waals surface area contributed by atoms with Gasteiger partial charge in [0.25, 0.3) is 10.2 Å². The third-order valence-electron chi connectivity index (χ3n) is 3.21. The zero-order valence-corrected chi connectivity index (χ0v) is 12.0. The third-order valence-corrected chi connectivity index (χ3v) is 5.46. The highest BCUT2D eigenvalue weighted by atomic mass is 32.2. The van der Waals surface area contributed by atoms with E-state index in [1.54, 1.807) is 8.61 Å². The van der Waals surface area contributed by atoms with E-state index in [4.69, 9.17) is 0 Å². The lowest BCUT2D eigenvalue weighted by molar-refractivity contribution is 0.298. The lowest BCUT2D eigenvalue weighted by atomic mass is 10.2. The van der Waals surface area contributed by atoms with Crippen LogP contribution in [0, 0.1) is 0 Å². The molecule has 0 spiro atoms. The van der Waals surface area contributed by atoms with Gasteiger partial charge in [-0.15, -0.1) is 0 Å². The average Bonchev–Trinajstić information content (AvgIpc) is 2.80. The van der Waals surface area contributed by atoms with E-state index in [1.807, 2.05) is 20.8 Å². The van der Waals surface area contributed by atoms with Crippen LogP contribution in [0.2, 0.25) is 0 Å². The Hall–Kier alpha value is -0.170. The molecule has 0 aromatic carbocycles. The van der Waals surface area contributed by atoms with E-state index in [1.165, 1.54) is 0 Å². The molecule has 0 amide bonds. The van der Waals surface area contributed by atoms with Crippen molar-refractivity contribution in [2.45, 2.75) is 39.7 Å². The molecule has 0 aliphatic carbocycles. The standard InChI is InChI=1S/C11H25N3O2S/c1-4-9-14(11-7-8-12-10-11)17(15,16)13(5-2)6-3/h11-12H,4-10H2,1-3H3. The highest BCUT2D eigenvalue weighted by molar-refractivity contribution is 7.86. The first-order valence-electron chi connectivity index (χ1n) is 6.55. The van der Waals surface area contributed by atoms with Crippen LogP contribution in [0.4, 0.5) is 0 Å². The summed E-state index contributed by atoms with van der Waals surface area (Å²) in [5.41, 5.74) is 0. The van der Waals surface area contributed by atoms with Crippen LogP contribution >= 0.6 is 0 Å². The predicted molar refractivity (Wildman–Crippen MR) is 70.1 cm³/mol. The number of hydrogen-bond donors (Lipinski definition) is 1. The molecule has 1 aliphatic heterocycles. The van der Waals surface area contributed by atoms with Gasteiger partial charge in [0.2, 0.25) is 0 Å². The molecule has 5 nitrogen and oxygen atoms in total. The minimum absolute atomic E-state index is 0.126. The fourth-order valence-corrected chi connectivity index (χ4v) is 4.21. The Balaban J connectivity index is 2.87. The molecule has 1 aliphatic rings. The molecule has 1 rings (SSSR count). The fourth-order valence-electron chi connectivity index (χ4n) is 2.29. The Bertz CT molecular complexity index is 309. The largest absolute Gasteiger partial charge is 0.315 e. The number of nitrogens with one attached hydrogen (secondary N) is 1. The minimum atomic E-state index is -3.28. The topological polar surface area (TPSA) is 52.7 Å².